The highest BCUT2D eigenvalue weighted by molar-refractivity contribution is 5.34. The van der Waals surface area contributed by atoms with Crippen LogP contribution in [0.3, 0.4) is 0 Å². The summed E-state index contributed by atoms with van der Waals surface area (Å²) in [5, 5.41) is 9.91. The molecule has 0 aliphatic carbocycles. The molecule has 0 amide bonds. The summed E-state index contributed by atoms with van der Waals surface area (Å²) in [7, 11) is 1.70. The quantitative estimate of drug-likeness (QED) is 0.809. The van der Waals surface area contributed by atoms with Crippen LogP contribution in [0.5, 0.6) is 5.75 Å². The Hall–Kier alpha value is -1.06. The van der Waals surface area contributed by atoms with Gasteiger partial charge in [0.15, 0.2) is 0 Å². The van der Waals surface area contributed by atoms with Gasteiger partial charge in [0, 0.05) is 19.1 Å². The summed E-state index contributed by atoms with van der Waals surface area (Å²) in [4.78, 5) is 0. The zero-order valence-corrected chi connectivity index (χ0v) is 11.8. The zero-order valence-electron chi connectivity index (χ0n) is 11.8. The number of rotatable bonds is 7. The van der Waals surface area contributed by atoms with Gasteiger partial charge < -0.3 is 14.6 Å². The first kappa shape index (κ1) is 15.0. The van der Waals surface area contributed by atoms with E-state index in [-0.39, 0.29) is 5.60 Å². The molecule has 0 radical (unpaired) electrons. The van der Waals surface area contributed by atoms with Crippen LogP contribution >= 0.6 is 0 Å². The molecular weight excluding hydrogens is 228 g/mol. The third-order valence-corrected chi connectivity index (χ3v) is 3.18. The molecule has 102 valence electrons. The Morgan fingerprint density at radius 2 is 1.94 bits per heavy atom. The average molecular weight is 252 g/mol. The molecule has 1 aromatic rings. The minimum Gasteiger partial charge on any atom is -0.493 e. The molecule has 0 aliphatic heterocycles. The van der Waals surface area contributed by atoms with E-state index in [1.807, 2.05) is 45.0 Å². The monoisotopic (exact) mass is 252 g/mol. The van der Waals surface area contributed by atoms with Crippen molar-refractivity contribution >= 4 is 0 Å². The molecule has 0 aliphatic rings. The highest BCUT2D eigenvalue weighted by atomic mass is 16.5. The Morgan fingerprint density at radius 3 is 2.56 bits per heavy atom. The fraction of sp³-hybridized carbons (Fsp3) is 0.600. The third-order valence-electron chi connectivity index (χ3n) is 3.18. The predicted molar refractivity (Wildman–Crippen MR) is 72.9 cm³/mol. The second-order valence-electron chi connectivity index (χ2n) is 5.02. The molecule has 0 heterocycles. The van der Waals surface area contributed by atoms with Crippen molar-refractivity contribution in [1.29, 1.82) is 0 Å². The van der Waals surface area contributed by atoms with E-state index in [9.17, 15) is 5.11 Å². The lowest BCUT2D eigenvalue weighted by Crippen LogP contribution is -2.25. The maximum absolute atomic E-state index is 9.91. The van der Waals surface area contributed by atoms with Gasteiger partial charge in [-0.25, -0.2) is 0 Å². The van der Waals surface area contributed by atoms with E-state index in [2.05, 4.69) is 0 Å². The molecule has 0 saturated heterocycles. The minimum atomic E-state index is -0.461. The van der Waals surface area contributed by atoms with Crippen LogP contribution in [0.25, 0.3) is 0 Å². The van der Waals surface area contributed by atoms with Crippen LogP contribution < -0.4 is 4.74 Å². The molecule has 0 unspecified atom stereocenters. The van der Waals surface area contributed by atoms with Crippen molar-refractivity contribution in [1.82, 2.24) is 0 Å². The first-order chi connectivity index (χ1) is 8.50. The Balaban J connectivity index is 2.62. The lowest BCUT2D eigenvalue weighted by molar-refractivity contribution is 0.00518. The third kappa shape index (κ3) is 4.31. The Labute approximate surface area is 110 Å². The van der Waals surface area contributed by atoms with E-state index in [0.717, 1.165) is 17.7 Å². The maximum Gasteiger partial charge on any atom is 0.125 e. The Morgan fingerprint density at radius 1 is 1.28 bits per heavy atom. The summed E-state index contributed by atoms with van der Waals surface area (Å²) >= 11 is 0. The molecule has 1 aromatic carbocycles. The SMILES string of the molecule is CC[C@H](O)c1ccccc1OCCC(C)(C)OC. The summed E-state index contributed by atoms with van der Waals surface area (Å²) in [5.74, 6) is 0.763. The van der Waals surface area contributed by atoms with Crippen molar-refractivity contribution in [3.63, 3.8) is 0 Å². The largest absolute Gasteiger partial charge is 0.493 e. The summed E-state index contributed by atoms with van der Waals surface area (Å²) in [6.07, 6.45) is 1.03. The standard InChI is InChI=1S/C15H24O3/c1-5-13(16)12-8-6-7-9-14(12)18-11-10-15(2,3)17-4/h6-9,13,16H,5,10-11H2,1-4H3/t13-/m0/s1. The highest BCUT2D eigenvalue weighted by Gasteiger charge is 2.17. The Kier molecular flexibility index (Phi) is 5.63. The van der Waals surface area contributed by atoms with Crippen molar-refractivity contribution in [3.8, 4) is 5.75 Å². The van der Waals surface area contributed by atoms with Crippen LogP contribution in [0.1, 0.15) is 45.3 Å². The number of ether oxygens (including phenoxy) is 2. The van der Waals surface area contributed by atoms with Crippen LogP contribution in [0.4, 0.5) is 0 Å². The van der Waals surface area contributed by atoms with Gasteiger partial charge in [0.05, 0.1) is 18.3 Å². The summed E-state index contributed by atoms with van der Waals surface area (Å²) in [6, 6.07) is 7.64. The second-order valence-corrected chi connectivity index (χ2v) is 5.02. The van der Waals surface area contributed by atoms with Crippen molar-refractivity contribution in [2.45, 2.75) is 45.3 Å². The van der Waals surface area contributed by atoms with Crippen molar-refractivity contribution in [2.75, 3.05) is 13.7 Å². The van der Waals surface area contributed by atoms with E-state index >= 15 is 0 Å². The van der Waals surface area contributed by atoms with Crippen molar-refractivity contribution in [3.05, 3.63) is 29.8 Å². The number of hydrogen-bond donors (Lipinski definition) is 1. The topological polar surface area (TPSA) is 38.7 Å². The van der Waals surface area contributed by atoms with Crippen LogP contribution in [0.2, 0.25) is 0 Å². The van der Waals surface area contributed by atoms with Gasteiger partial charge in [-0.15, -0.1) is 0 Å². The normalized spacial score (nSPS) is 13.4. The predicted octanol–water partition coefficient (Wildman–Crippen LogP) is 3.32. The van der Waals surface area contributed by atoms with Gasteiger partial charge >= 0.3 is 0 Å². The fourth-order valence-electron chi connectivity index (χ4n) is 1.62. The van der Waals surface area contributed by atoms with Crippen molar-refractivity contribution < 1.29 is 14.6 Å². The zero-order chi connectivity index (χ0) is 13.6. The minimum absolute atomic E-state index is 0.182. The first-order valence-electron chi connectivity index (χ1n) is 6.45. The number of hydrogen-bond acceptors (Lipinski definition) is 3. The van der Waals surface area contributed by atoms with Gasteiger partial charge in [0.2, 0.25) is 0 Å². The van der Waals surface area contributed by atoms with Gasteiger partial charge in [-0.1, -0.05) is 25.1 Å². The first-order valence-corrected chi connectivity index (χ1v) is 6.45. The van der Waals surface area contributed by atoms with E-state index < -0.39 is 6.10 Å². The van der Waals surface area contributed by atoms with Gasteiger partial charge in [-0.2, -0.15) is 0 Å². The molecule has 18 heavy (non-hydrogen) atoms. The highest BCUT2D eigenvalue weighted by Crippen LogP contribution is 2.27. The lowest BCUT2D eigenvalue weighted by Gasteiger charge is -2.23. The molecule has 1 N–H and O–H groups in total. The van der Waals surface area contributed by atoms with Crippen LogP contribution in [0, 0.1) is 0 Å². The number of aliphatic hydroxyl groups excluding tert-OH is 1. The molecule has 0 saturated carbocycles. The molecule has 3 heteroatoms. The molecule has 1 atom stereocenters. The molecule has 3 nitrogen and oxygen atoms in total. The molecule has 0 aromatic heterocycles. The number of methoxy groups -OCH3 is 1. The molecule has 1 rings (SSSR count). The molecular formula is C15H24O3. The van der Waals surface area contributed by atoms with E-state index in [1.54, 1.807) is 7.11 Å². The van der Waals surface area contributed by atoms with Gasteiger partial charge in [0.1, 0.15) is 5.75 Å². The fourth-order valence-corrected chi connectivity index (χ4v) is 1.62. The summed E-state index contributed by atoms with van der Waals surface area (Å²) in [5.41, 5.74) is 0.674. The molecule has 0 bridgehead atoms. The smallest absolute Gasteiger partial charge is 0.125 e. The number of para-hydroxylation sites is 1. The van der Waals surface area contributed by atoms with Crippen LogP contribution in [-0.4, -0.2) is 24.4 Å². The van der Waals surface area contributed by atoms with Crippen LogP contribution in [0.15, 0.2) is 24.3 Å². The van der Waals surface area contributed by atoms with E-state index in [0.29, 0.717) is 13.0 Å². The van der Waals surface area contributed by atoms with Gasteiger partial charge in [0.25, 0.3) is 0 Å². The van der Waals surface area contributed by atoms with E-state index in [4.69, 9.17) is 9.47 Å². The average Bonchev–Trinajstić information content (AvgIpc) is 2.38. The molecule has 0 fully saturated rings. The van der Waals surface area contributed by atoms with E-state index in [1.165, 1.54) is 0 Å². The Bertz CT molecular complexity index is 361. The number of aliphatic hydroxyl groups is 1. The van der Waals surface area contributed by atoms with Gasteiger partial charge in [-0.05, 0) is 26.3 Å². The number of benzene rings is 1. The summed E-state index contributed by atoms with van der Waals surface area (Å²) < 4.78 is 11.1. The van der Waals surface area contributed by atoms with Crippen molar-refractivity contribution in [2.24, 2.45) is 0 Å². The second kappa shape index (κ2) is 6.76. The lowest BCUT2D eigenvalue weighted by atomic mass is 10.1. The van der Waals surface area contributed by atoms with Crippen LogP contribution in [-0.2, 0) is 4.74 Å². The summed E-state index contributed by atoms with van der Waals surface area (Å²) in [6.45, 7) is 6.59. The maximum atomic E-state index is 9.91. The van der Waals surface area contributed by atoms with Gasteiger partial charge in [-0.3, -0.25) is 0 Å². The molecule has 0 spiro atoms.